The third kappa shape index (κ3) is 5.59. The van der Waals surface area contributed by atoms with Crippen molar-refractivity contribution in [3.63, 3.8) is 0 Å². The number of ether oxygens (including phenoxy) is 3. The highest BCUT2D eigenvalue weighted by atomic mass is 16.5. The zero-order valence-electron chi connectivity index (χ0n) is 20.8. The summed E-state index contributed by atoms with van der Waals surface area (Å²) in [5, 5.41) is 4.68. The SMILES string of the molecule is COc1ccc(Oc2ccc(N3C[C@H](C(=O)OCC(=O)Nc4cccc5ccccc45)CC3=O)cc2)cc1. The van der Waals surface area contributed by atoms with Crippen LogP contribution in [0.5, 0.6) is 17.2 Å². The van der Waals surface area contributed by atoms with E-state index in [0.29, 0.717) is 22.9 Å². The van der Waals surface area contributed by atoms with Crippen molar-refractivity contribution >= 4 is 39.9 Å². The maximum Gasteiger partial charge on any atom is 0.311 e. The second-order valence-corrected chi connectivity index (χ2v) is 8.86. The molecule has 1 N–H and O–H groups in total. The van der Waals surface area contributed by atoms with Crippen LogP contribution in [0.25, 0.3) is 10.8 Å². The lowest BCUT2D eigenvalue weighted by Crippen LogP contribution is -2.28. The molecule has 1 heterocycles. The highest BCUT2D eigenvalue weighted by molar-refractivity contribution is 6.03. The zero-order valence-corrected chi connectivity index (χ0v) is 20.8. The molecule has 5 rings (SSSR count). The Hall–Kier alpha value is -4.85. The number of benzene rings is 4. The molecule has 1 fully saturated rings. The molecule has 1 saturated heterocycles. The third-order valence-electron chi connectivity index (χ3n) is 6.31. The lowest BCUT2D eigenvalue weighted by molar-refractivity contribution is -0.151. The van der Waals surface area contributed by atoms with Crippen molar-refractivity contribution in [3.05, 3.63) is 91.0 Å². The molecule has 38 heavy (non-hydrogen) atoms. The first-order chi connectivity index (χ1) is 18.5. The number of esters is 1. The monoisotopic (exact) mass is 510 g/mol. The first-order valence-corrected chi connectivity index (χ1v) is 12.2. The van der Waals surface area contributed by atoms with E-state index in [1.807, 2.05) is 36.4 Å². The molecule has 4 aromatic rings. The lowest BCUT2D eigenvalue weighted by Gasteiger charge is -2.17. The van der Waals surface area contributed by atoms with E-state index in [-0.39, 0.29) is 18.9 Å². The van der Waals surface area contributed by atoms with Gasteiger partial charge in [0, 0.05) is 29.7 Å². The molecule has 0 unspecified atom stereocenters. The topological polar surface area (TPSA) is 94.2 Å². The van der Waals surface area contributed by atoms with E-state index < -0.39 is 24.4 Å². The van der Waals surface area contributed by atoms with E-state index in [9.17, 15) is 14.4 Å². The van der Waals surface area contributed by atoms with Crippen molar-refractivity contribution in [1.82, 2.24) is 0 Å². The first-order valence-electron chi connectivity index (χ1n) is 12.2. The number of fused-ring (bicyclic) bond motifs is 1. The summed E-state index contributed by atoms with van der Waals surface area (Å²) in [4.78, 5) is 39.2. The summed E-state index contributed by atoms with van der Waals surface area (Å²) < 4.78 is 16.2. The van der Waals surface area contributed by atoms with Crippen LogP contribution < -0.4 is 19.7 Å². The van der Waals surface area contributed by atoms with Gasteiger partial charge in [0.1, 0.15) is 17.2 Å². The summed E-state index contributed by atoms with van der Waals surface area (Å²) in [6.45, 7) is -0.245. The summed E-state index contributed by atoms with van der Waals surface area (Å²) in [6, 6.07) is 27.5. The highest BCUT2D eigenvalue weighted by Crippen LogP contribution is 2.30. The number of amides is 2. The van der Waals surface area contributed by atoms with Crippen molar-refractivity contribution in [2.24, 2.45) is 5.92 Å². The van der Waals surface area contributed by atoms with E-state index in [4.69, 9.17) is 14.2 Å². The standard InChI is InChI=1S/C30H26N2O6/c1-36-23-13-15-25(16-14-23)38-24-11-9-22(10-12-24)32-18-21(17-29(32)34)30(35)37-19-28(33)31-27-8-4-6-20-5-2-3-7-26(20)27/h2-16,21H,17-19H2,1H3,(H,31,33)/t21-/m1/s1. The van der Waals surface area contributed by atoms with Gasteiger partial charge in [-0.25, -0.2) is 0 Å². The van der Waals surface area contributed by atoms with Crippen LogP contribution in [0.3, 0.4) is 0 Å². The number of nitrogens with one attached hydrogen (secondary N) is 1. The molecular formula is C30H26N2O6. The Morgan fingerprint density at radius 2 is 1.53 bits per heavy atom. The van der Waals surface area contributed by atoms with Gasteiger partial charge in [-0.3, -0.25) is 14.4 Å². The van der Waals surface area contributed by atoms with E-state index in [1.165, 1.54) is 0 Å². The van der Waals surface area contributed by atoms with Crippen molar-refractivity contribution in [1.29, 1.82) is 0 Å². The Morgan fingerprint density at radius 1 is 0.868 bits per heavy atom. The van der Waals surface area contributed by atoms with Crippen LogP contribution in [0, 0.1) is 5.92 Å². The smallest absolute Gasteiger partial charge is 0.311 e. The van der Waals surface area contributed by atoms with Crippen LogP contribution in [-0.2, 0) is 19.1 Å². The molecule has 0 spiro atoms. The molecule has 8 nitrogen and oxygen atoms in total. The molecule has 1 aliphatic heterocycles. The van der Waals surface area contributed by atoms with Gasteiger partial charge in [0.05, 0.1) is 13.0 Å². The van der Waals surface area contributed by atoms with Gasteiger partial charge in [-0.05, 0) is 60.0 Å². The first kappa shape index (κ1) is 24.8. The minimum Gasteiger partial charge on any atom is -0.497 e. The maximum absolute atomic E-state index is 12.6. The highest BCUT2D eigenvalue weighted by Gasteiger charge is 2.36. The van der Waals surface area contributed by atoms with Crippen LogP contribution in [-0.4, -0.2) is 38.0 Å². The minimum absolute atomic E-state index is 0.0217. The van der Waals surface area contributed by atoms with Crippen LogP contribution in [0.2, 0.25) is 0 Å². The molecule has 2 amide bonds. The Balaban J connectivity index is 1.14. The second-order valence-electron chi connectivity index (χ2n) is 8.86. The van der Waals surface area contributed by atoms with Crippen molar-refractivity contribution in [2.45, 2.75) is 6.42 Å². The average molecular weight is 511 g/mol. The van der Waals surface area contributed by atoms with Gasteiger partial charge in [0.2, 0.25) is 5.91 Å². The van der Waals surface area contributed by atoms with E-state index in [0.717, 1.165) is 16.5 Å². The number of hydrogen-bond donors (Lipinski definition) is 1. The summed E-state index contributed by atoms with van der Waals surface area (Å²) >= 11 is 0. The molecule has 0 saturated carbocycles. The molecule has 0 radical (unpaired) electrons. The van der Waals surface area contributed by atoms with E-state index >= 15 is 0 Å². The van der Waals surface area contributed by atoms with Gasteiger partial charge in [-0.15, -0.1) is 0 Å². The number of carbonyl (C=O) groups is 3. The third-order valence-corrected chi connectivity index (χ3v) is 6.31. The predicted molar refractivity (Wildman–Crippen MR) is 144 cm³/mol. The predicted octanol–water partition coefficient (Wildman–Crippen LogP) is 5.18. The van der Waals surface area contributed by atoms with E-state index in [2.05, 4.69) is 5.32 Å². The summed E-state index contributed by atoms with van der Waals surface area (Å²) in [5.74, 6) is 0.149. The summed E-state index contributed by atoms with van der Waals surface area (Å²) in [5.41, 5.74) is 1.30. The van der Waals surface area contributed by atoms with Crippen LogP contribution in [0.15, 0.2) is 91.0 Å². The number of rotatable bonds is 8. The maximum atomic E-state index is 12.6. The van der Waals surface area contributed by atoms with Crippen LogP contribution in [0.4, 0.5) is 11.4 Å². The van der Waals surface area contributed by atoms with Gasteiger partial charge < -0.3 is 24.4 Å². The van der Waals surface area contributed by atoms with Gasteiger partial charge in [0.15, 0.2) is 6.61 Å². The Labute approximate surface area is 219 Å². The van der Waals surface area contributed by atoms with Crippen molar-refractivity contribution < 1.29 is 28.6 Å². The molecule has 0 bridgehead atoms. The number of nitrogens with zero attached hydrogens (tertiary/aromatic N) is 1. The summed E-state index contributed by atoms with van der Waals surface area (Å²) in [7, 11) is 1.60. The lowest BCUT2D eigenvalue weighted by atomic mass is 10.1. The molecule has 0 aromatic heterocycles. The quantitative estimate of drug-likeness (QED) is 0.329. The average Bonchev–Trinajstić information content (AvgIpc) is 3.34. The molecule has 1 atom stereocenters. The fraction of sp³-hybridized carbons (Fsp3) is 0.167. The van der Waals surface area contributed by atoms with Crippen LogP contribution in [0.1, 0.15) is 6.42 Å². The Bertz CT molecular complexity index is 1460. The number of methoxy groups -OCH3 is 1. The van der Waals surface area contributed by atoms with Gasteiger partial charge >= 0.3 is 5.97 Å². The number of hydrogen-bond acceptors (Lipinski definition) is 6. The molecule has 0 aliphatic carbocycles. The molecule has 8 heteroatoms. The number of anilines is 2. The van der Waals surface area contributed by atoms with Crippen LogP contribution >= 0.6 is 0 Å². The zero-order chi connectivity index (χ0) is 26.5. The fourth-order valence-corrected chi connectivity index (χ4v) is 4.36. The Morgan fingerprint density at radius 3 is 2.26 bits per heavy atom. The Kier molecular flexibility index (Phi) is 7.21. The van der Waals surface area contributed by atoms with E-state index in [1.54, 1.807) is 66.6 Å². The number of carbonyl (C=O) groups excluding carboxylic acids is 3. The summed E-state index contributed by atoms with van der Waals surface area (Å²) in [6.07, 6.45) is 0.0217. The fourth-order valence-electron chi connectivity index (χ4n) is 4.36. The molecular weight excluding hydrogens is 484 g/mol. The minimum atomic E-state index is -0.650. The second kappa shape index (κ2) is 11.0. The largest absolute Gasteiger partial charge is 0.497 e. The molecule has 192 valence electrons. The molecule has 1 aliphatic rings. The van der Waals surface area contributed by atoms with Crippen molar-refractivity contribution in [3.8, 4) is 17.2 Å². The molecule has 4 aromatic carbocycles. The van der Waals surface area contributed by atoms with Gasteiger partial charge in [-0.2, -0.15) is 0 Å². The normalized spacial score (nSPS) is 14.8. The van der Waals surface area contributed by atoms with Gasteiger partial charge in [-0.1, -0.05) is 36.4 Å². The van der Waals surface area contributed by atoms with Crippen molar-refractivity contribution in [2.75, 3.05) is 30.5 Å². The van der Waals surface area contributed by atoms with Gasteiger partial charge in [0.25, 0.3) is 5.91 Å².